The number of hydrogen-bond acceptors (Lipinski definition) is 3. The summed E-state index contributed by atoms with van der Waals surface area (Å²) >= 11 is 12.2. The maximum Gasteiger partial charge on any atom is 0.271 e. The molecule has 4 rings (SSSR count). The van der Waals surface area contributed by atoms with Crippen molar-refractivity contribution in [1.29, 1.82) is 0 Å². The van der Waals surface area contributed by atoms with Crippen molar-refractivity contribution in [3.8, 4) is 11.3 Å². The van der Waals surface area contributed by atoms with Crippen LogP contribution in [0.3, 0.4) is 0 Å². The fourth-order valence-corrected chi connectivity index (χ4v) is 3.19. The third-order valence-electron chi connectivity index (χ3n) is 4.19. The van der Waals surface area contributed by atoms with Gasteiger partial charge >= 0.3 is 0 Å². The topological polar surface area (TPSA) is 54.6 Å². The Labute approximate surface area is 171 Å². The van der Waals surface area contributed by atoms with Crippen LogP contribution in [0.4, 0.5) is 0 Å². The maximum atomic E-state index is 12.3. The van der Waals surface area contributed by atoms with E-state index in [9.17, 15) is 4.79 Å². The molecule has 0 bridgehead atoms. The molecule has 1 heterocycles. The molecule has 4 nitrogen and oxygen atoms in total. The number of nitrogens with zero attached hydrogens (tertiary/aromatic N) is 1. The van der Waals surface area contributed by atoms with Crippen molar-refractivity contribution < 1.29 is 9.21 Å². The van der Waals surface area contributed by atoms with E-state index in [1.807, 2.05) is 36.4 Å². The standard InChI is InChI=1S/C22H14Cl2N2O2/c23-17-7-9-20(24)19(12-17)21-10-8-18(28-21)13-25-26-22(27)16-6-5-14-3-1-2-4-15(14)11-16/h1-13H,(H,26,27)/b25-13-. The molecule has 4 aromatic rings. The van der Waals surface area contributed by atoms with E-state index >= 15 is 0 Å². The molecule has 0 saturated carbocycles. The number of carbonyl (C=O) groups excluding carboxylic acids is 1. The second kappa shape index (κ2) is 7.89. The Morgan fingerprint density at radius 3 is 2.61 bits per heavy atom. The largest absolute Gasteiger partial charge is 0.455 e. The predicted molar refractivity (Wildman–Crippen MR) is 113 cm³/mol. The molecule has 1 aromatic heterocycles. The SMILES string of the molecule is O=C(N/N=C\c1ccc(-c2cc(Cl)ccc2Cl)o1)c1ccc2ccccc2c1. The van der Waals surface area contributed by atoms with Crippen LogP contribution in [-0.4, -0.2) is 12.1 Å². The molecule has 0 unspecified atom stereocenters. The van der Waals surface area contributed by atoms with Gasteiger partial charge in [0.05, 0.1) is 11.2 Å². The van der Waals surface area contributed by atoms with E-state index in [1.54, 1.807) is 36.4 Å². The van der Waals surface area contributed by atoms with Crippen LogP contribution in [0.5, 0.6) is 0 Å². The zero-order chi connectivity index (χ0) is 19.5. The van der Waals surface area contributed by atoms with E-state index in [4.69, 9.17) is 27.6 Å². The van der Waals surface area contributed by atoms with Crippen molar-refractivity contribution in [1.82, 2.24) is 5.43 Å². The first-order valence-electron chi connectivity index (χ1n) is 8.47. The lowest BCUT2D eigenvalue weighted by molar-refractivity contribution is 0.0955. The summed E-state index contributed by atoms with van der Waals surface area (Å²) in [6.45, 7) is 0. The monoisotopic (exact) mass is 408 g/mol. The van der Waals surface area contributed by atoms with Crippen LogP contribution < -0.4 is 5.43 Å². The van der Waals surface area contributed by atoms with E-state index in [1.165, 1.54) is 6.21 Å². The highest BCUT2D eigenvalue weighted by atomic mass is 35.5. The molecular formula is C22H14Cl2N2O2. The molecule has 0 aliphatic heterocycles. The summed E-state index contributed by atoms with van der Waals surface area (Å²) in [6.07, 6.45) is 1.43. The van der Waals surface area contributed by atoms with Crippen LogP contribution in [-0.2, 0) is 0 Å². The molecule has 0 aliphatic rings. The van der Waals surface area contributed by atoms with Gasteiger partial charge < -0.3 is 4.42 Å². The highest BCUT2D eigenvalue weighted by Crippen LogP contribution is 2.31. The van der Waals surface area contributed by atoms with E-state index in [0.717, 1.165) is 10.8 Å². The van der Waals surface area contributed by atoms with Gasteiger partial charge in [-0.1, -0.05) is 53.5 Å². The van der Waals surface area contributed by atoms with Crippen molar-refractivity contribution in [2.24, 2.45) is 5.10 Å². The molecular weight excluding hydrogens is 395 g/mol. The molecule has 0 aliphatic carbocycles. The lowest BCUT2D eigenvalue weighted by Gasteiger charge is -2.02. The van der Waals surface area contributed by atoms with E-state index in [0.29, 0.717) is 32.7 Å². The summed E-state index contributed by atoms with van der Waals surface area (Å²) in [5.74, 6) is 0.742. The lowest BCUT2D eigenvalue weighted by Crippen LogP contribution is -2.17. The Morgan fingerprint density at radius 2 is 1.75 bits per heavy atom. The highest BCUT2D eigenvalue weighted by molar-refractivity contribution is 6.35. The Kier molecular flexibility index (Phi) is 5.15. The van der Waals surface area contributed by atoms with Gasteiger partial charge in [-0.2, -0.15) is 5.10 Å². The van der Waals surface area contributed by atoms with Crippen molar-refractivity contribution in [2.45, 2.75) is 0 Å². The van der Waals surface area contributed by atoms with Gasteiger partial charge in [0.2, 0.25) is 0 Å². The minimum Gasteiger partial charge on any atom is -0.455 e. The quantitative estimate of drug-likeness (QED) is 0.324. The highest BCUT2D eigenvalue weighted by Gasteiger charge is 2.09. The number of amides is 1. The molecule has 0 spiro atoms. The van der Waals surface area contributed by atoms with Gasteiger partial charge in [0.15, 0.2) is 0 Å². The zero-order valence-corrected chi connectivity index (χ0v) is 16.0. The smallest absolute Gasteiger partial charge is 0.271 e. The first-order valence-corrected chi connectivity index (χ1v) is 9.23. The van der Waals surface area contributed by atoms with Crippen molar-refractivity contribution in [3.63, 3.8) is 0 Å². The van der Waals surface area contributed by atoms with Crippen LogP contribution >= 0.6 is 23.2 Å². The minimum atomic E-state index is -0.299. The van der Waals surface area contributed by atoms with Gasteiger partial charge in [0, 0.05) is 16.1 Å². The molecule has 3 aromatic carbocycles. The molecule has 0 atom stereocenters. The number of halogens is 2. The number of furan rings is 1. The number of carbonyl (C=O) groups is 1. The van der Waals surface area contributed by atoms with Crippen LogP contribution in [0.1, 0.15) is 16.1 Å². The Balaban J connectivity index is 1.46. The minimum absolute atomic E-state index is 0.299. The first-order chi connectivity index (χ1) is 13.6. The number of benzene rings is 3. The number of hydrazone groups is 1. The zero-order valence-electron chi connectivity index (χ0n) is 14.5. The average Bonchev–Trinajstić information content (AvgIpc) is 3.18. The molecule has 0 radical (unpaired) electrons. The number of rotatable bonds is 4. The fraction of sp³-hybridized carbons (Fsp3) is 0. The second-order valence-corrected chi connectivity index (χ2v) is 6.93. The summed E-state index contributed by atoms with van der Waals surface area (Å²) in [6, 6.07) is 22.0. The molecule has 0 fully saturated rings. The van der Waals surface area contributed by atoms with Crippen molar-refractivity contribution in [3.05, 3.63) is 94.2 Å². The summed E-state index contributed by atoms with van der Waals surface area (Å²) in [4.78, 5) is 12.3. The number of hydrogen-bond donors (Lipinski definition) is 1. The maximum absolute atomic E-state index is 12.3. The van der Waals surface area contributed by atoms with Crippen LogP contribution in [0.2, 0.25) is 10.0 Å². The normalized spacial score (nSPS) is 11.2. The third kappa shape index (κ3) is 3.93. The average molecular weight is 409 g/mol. The molecule has 6 heteroatoms. The molecule has 1 N–H and O–H groups in total. The van der Waals surface area contributed by atoms with E-state index in [2.05, 4.69) is 10.5 Å². The number of nitrogens with one attached hydrogen (secondary N) is 1. The molecule has 138 valence electrons. The summed E-state index contributed by atoms with van der Waals surface area (Å²) < 4.78 is 5.71. The van der Waals surface area contributed by atoms with Gasteiger partial charge in [0.25, 0.3) is 5.91 Å². The third-order valence-corrected chi connectivity index (χ3v) is 4.75. The molecule has 1 amide bonds. The molecule has 28 heavy (non-hydrogen) atoms. The van der Waals surface area contributed by atoms with Crippen LogP contribution in [0.25, 0.3) is 22.1 Å². The van der Waals surface area contributed by atoms with Gasteiger partial charge in [-0.05, 0) is 53.2 Å². The Hall–Kier alpha value is -3.08. The van der Waals surface area contributed by atoms with E-state index in [-0.39, 0.29) is 5.91 Å². The van der Waals surface area contributed by atoms with Crippen molar-refractivity contribution in [2.75, 3.05) is 0 Å². The summed E-state index contributed by atoms with van der Waals surface area (Å²) in [7, 11) is 0. The number of fused-ring (bicyclic) bond motifs is 1. The predicted octanol–water partition coefficient (Wildman–Crippen LogP) is 6.17. The van der Waals surface area contributed by atoms with E-state index < -0.39 is 0 Å². The fourth-order valence-electron chi connectivity index (χ4n) is 2.80. The van der Waals surface area contributed by atoms with Gasteiger partial charge in [-0.3, -0.25) is 4.79 Å². The van der Waals surface area contributed by atoms with Gasteiger partial charge in [-0.25, -0.2) is 5.43 Å². The van der Waals surface area contributed by atoms with Crippen LogP contribution in [0, 0.1) is 0 Å². The van der Waals surface area contributed by atoms with Crippen molar-refractivity contribution >= 4 is 46.1 Å². The van der Waals surface area contributed by atoms with Crippen LogP contribution in [0.15, 0.2) is 82.3 Å². The summed E-state index contributed by atoms with van der Waals surface area (Å²) in [5, 5.41) is 7.13. The van der Waals surface area contributed by atoms with Gasteiger partial charge in [-0.15, -0.1) is 0 Å². The Morgan fingerprint density at radius 1 is 0.929 bits per heavy atom. The van der Waals surface area contributed by atoms with Gasteiger partial charge in [0.1, 0.15) is 11.5 Å². The first kappa shape index (κ1) is 18.3. The second-order valence-electron chi connectivity index (χ2n) is 6.09. The molecule has 0 saturated heterocycles. The Bertz CT molecular complexity index is 1200. The summed E-state index contributed by atoms with van der Waals surface area (Å²) in [5.41, 5.74) is 3.72. The lowest BCUT2D eigenvalue weighted by atomic mass is 10.1.